The van der Waals surface area contributed by atoms with Gasteiger partial charge < -0.3 is 15.4 Å². The first-order valence-corrected chi connectivity index (χ1v) is 7.76. The highest BCUT2D eigenvalue weighted by molar-refractivity contribution is 9.10. The topological polar surface area (TPSA) is 46.2 Å². The normalized spacial score (nSPS) is 20.5. The number of halogens is 2. The molecule has 2 rings (SSSR count). The van der Waals surface area contributed by atoms with Crippen molar-refractivity contribution < 1.29 is 4.74 Å². The van der Waals surface area contributed by atoms with Crippen molar-refractivity contribution in [3.63, 3.8) is 0 Å². The number of pyridine rings is 1. The quantitative estimate of drug-likeness (QED) is 0.834. The molecule has 0 saturated carbocycles. The highest BCUT2D eigenvalue weighted by atomic mass is 79.9. The Labute approximate surface area is 142 Å². The van der Waals surface area contributed by atoms with Gasteiger partial charge in [-0.05, 0) is 68.6 Å². The summed E-state index contributed by atoms with van der Waals surface area (Å²) in [5.74, 6) is 1.48. The Morgan fingerprint density at radius 3 is 2.33 bits per heavy atom. The first kappa shape index (κ1) is 18.5. The van der Waals surface area contributed by atoms with Crippen molar-refractivity contribution in [2.75, 3.05) is 12.4 Å². The second-order valence-corrected chi connectivity index (χ2v) is 7.68. The van der Waals surface area contributed by atoms with E-state index in [0.717, 1.165) is 23.1 Å². The molecule has 0 atom stereocenters. The number of hydrogen-bond donors (Lipinski definition) is 2. The van der Waals surface area contributed by atoms with Crippen LogP contribution in [0.4, 0.5) is 5.82 Å². The molecular weight excluding hydrogens is 354 g/mol. The molecule has 1 fully saturated rings. The van der Waals surface area contributed by atoms with Gasteiger partial charge in [-0.1, -0.05) is 0 Å². The summed E-state index contributed by atoms with van der Waals surface area (Å²) < 4.78 is 6.12. The van der Waals surface area contributed by atoms with E-state index in [1.165, 1.54) is 0 Å². The molecule has 6 heteroatoms. The summed E-state index contributed by atoms with van der Waals surface area (Å²) in [5.41, 5.74) is 0.248. The van der Waals surface area contributed by atoms with Crippen LogP contribution in [0.15, 0.2) is 16.6 Å². The number of hydrogen-bond acceptors (Lipinski definition) is 4. The van der Waals surface area contributed by atoms with Crippen LogP contribution in [-0.4, -0.2) is 29.2 Å². The lowest BCUT2D eigenvalue weighted by Crippen LogP contribution is -2.60. The molecule has 1 aromatic rings. The molecule has 21 heavy (non-hydrogen) atoms. The van der Waals surface area contributed by atoms with Crippen molar-refractivity contribution >= 4 is 34.2 Å². The van der Waals surface area contributed by atoms with E-state index in [9.17, 15) is 0 Å². The smallest absolute Gasteiger partial charge is 0.229 e. The molecular formula is C15H25BrClN3O. The summed E-state index contributed by atoms with van der Waals surface area (Å²) in [4.78, 5) is 4.48. The minimum atomic E-state index is 0. The second kappa shape index (κ2) is 6.71. The molecule has 120 valence electrons. The van der Waals surface area contributed by atoms with Crippen molar-refractivity contribution in [3.8, 4) is 5.88 Å². The third kappa shape index (κ3) is 5.01. The summed E-state index contributed by atoms with van der Waals surface area (Å²) in [6.45, 7) is 8.99. The summed E-state index contributed by atoms with van der Waals surface area (Å²) in [5, 5.41) is 7.23. The van der Waals surface area contributed by atoms with Crippen LogP contribution in [0.5, 0.6) is 5.88 Å². The van der Waals surface area contributed by atoms with Gasteiger partial charge >= 0.3 is 0 Å². The average molecular weight is 379 g/mol. The van der Waals surface area contributed by atoms with Crippen LogP contribution in [0, 0.1) is 0 Å². The first-order chi connectivity index (χ1) is 9.21. The molecule has 0 amide bonds. The molecule has 0 aromatic carbocycles. The van der Waals surface area contributed by atoms with Crippen LogP contribution in [0.2, 0.25) is 0 Å². The van der Waals surface area contributed by atoms with Crippen LogP contribution in [0.25, 0.3) is 0 Å². The van der Waals surface area contributed by atoms with E-state index >= 15 is 0 Å². The molecule has 1 aliphatic heterocycles. The Kier molecular flexibility index (Phi) is 5.92. The Morgan fingerprint density at radius 2 is 1.81 bits per heavy atom. The van der Waals surface area contributed by atoms with Gasteiger partial charge in [-0.25, -0.2) is 0 Å². The number of methoxy groups -OCH3 is 1. The molecule has 1 saturated heterocycles. The van der Waals surface area contributed by atoms with Gasteiger partial charge in [0.2, 0.25) is 5.88 Å². The molecule has 1 aliphatic rings. The summed E-state index contributed by atoms with van der Waals surface area (Å²) >= 11 is 3.43. The van der Waals surface area contributed by atoms with Crippen molar-refractivity contribution in [1.29, 1.82) is 0 Å². The van der Waals surface area contributed by atoms with E-state index in [2.05, 4.69) is 59.2 Å². The Bertz CT molecular complexity index is 478. The molecule has 2 heterocycles. The molecule has 4 nitrogen and oxygen atoms in total. The Balaban J connectivity index is 0.00000220. The van der Waals surface area contributed by atoms with Crippen LogP contribution in [-0.2, 0) is 0 Å². The minimum Gasteiger partial charge on any atom is -0.480 e. The van der Waals surface area contributed by atoms with Gasteiger partial charge in [0.15, 0.2) is 0 Å². The lowest BCUT2D eigenvalue weighted by atomic mass is 9.79. The predicted molar refractivity (Wildman–Crippen MR) is 93.7 cm³/mol. The molecule has 0 radical (unpaired) electrons. The highest BCUT2D eigenvalue weighted by Crippen LogP contribution is 2.31. The molecule has 0 unspecified atom stereocenters. The van der Waals surface area contributed by atoms with Gasteiger partial charge in [0, 0.05) is 17.1 Å². The fourth-order valence-corrected chi connectivity index (χ4v) is 3.66. The van der Waals surface area contributed by atoms with E-state index in [4.69, 9.17) is 4.74 Å². The van der Waals surface area contributed by atoms with Crippen molar-refractivity contribution in [2.24, 2.45) is 0 Å². The number of anilines is 1. The molecule has 1 aromatic heterocycles. The van der Waals surface area contributed by atoms with Crippen LogP contribution >= 0.6 is 28.3 Å². The van der Waals surface area contributed by atoms with Crippen LogP contribution in [0.3, 0.4) is 0 Å². The lowest BCUT2D eigenvalue weighted by molar-refractivity contribution is 0.170. The number of aromatic nitrogens is 1. The zero-order valence-corrected chi connectivity index (χ0v) is 15.7. The van der Waals surface area contributed by atoms with Gasteiger partial charge in [-0.2, -0.15) is 4.98 Å². The van der Waals surface area contributed by atoms with E-state index in [1.54, 1.807) is 7.11 Å². The number of nitrogens with one attached hydrogen (secondary N) is 2. The summed E-state index contributed by atoms with van der Waals surface area (Å²) in [7, 11) is 1.63. The predicted octanol–water partition coefficient (Wildman–Crippen LogP) is 4.00. The van der Waals surface area contributed by atoms with E-state index in [1.807, 2.05) is 12.1 Å². The standard InChI is InChI=1S/C15H24BrN3O.ClH/c1-14(2)8-10(9-15(3,4)19-14)17-12-7-6-11(16)13(18-12)20-5;/h6-7,10,19H,8-9H2,1-5H3,(H,17,18);1H. The largest absolute Gasteiger partial charge is 0.480 e. The van der Waals surface area contributed by atoms with Gasteiger partial charge in [0.25, 0.3) is 0 Å². The van der Waals surface area contributed by atoms with Gasteiger partial charge in [0.1, 0.15) is 5.82 Å². The number of rotatable bonds is 3. The average Bonchev–Trinajstić information content (AvgIpc) is 2.27. The van der Waals surface area contributed by atoms with Crippen molar-refractivity contribution in [1.82, 2.24) is 10.3 Å². The molecule has 0 bridgehead atoms. The van der Waals surface area contributed by atoms with E-state index < -0.39 is 0 Å². The number of nitrogens with zero attached hydrogens (tertiary/aromatic N) is 1. The SMILES string of the molecule is COc1nc(NC2CC(C)(C)NC(C)(C)C2)ccc1Br.Cl. The fraction of sp³-hybridized carbons (Fsp3) is 0.667. The minimum absolute atomic E-state index is 0. The fourth-order valence-electron chi connectivity index (χ4n) is 3.28. The number of piperidine rings is 1. The van der Waals surface area contributed by atoms with E-state index in [-0.39, 0.29) is 23.5 Å². The maximum absolute atomic E-state index is 5.25. The zero-order chi connectivity index (χ0) is 15.0. The van der Waals surface area contributed by atoms with Crippen LogP contribution < -0.4 is 15.4 Å². The first-order valence-electron chi connectivity index (χ1n) is 6.97. The van der Waals surface area contributed by atoms with Crippen molar-refractivity contribution in [2.45, 2.75) is 57.7 Å². The van der Waals surface area contributed by atoms with E-state index in [0.29, 0.717) is 11.9 Å². The molecule has 0 aliphatic carbocycles. The highest BCUT2D eigenvalue weighted by Gasteiger charge is 2.37. The summed E-state index contributed by atoms with van der Waals surface area (Å²) in [6, 6.07) is 4.35. The monoisotopic (exact) mass is 377 g/mol. The number of ether oxygens (including phenoxy) is 1. The molecule has 2 N–H and O–H groups in total. The van der Waals surface area contributed by atoms with Gasteiger partial charge in [-0.15, -0.1) is 12.4 Å². The third-order valence-corrected chi connectivity index (χ3v) is 4.15. The summed E-state index contributed by atoms with van der Waals surface area (Å²) in [6.07, 6.45) is 2.13. The zero-order valence-electron chi connectivity index (χ0n) is 13.3. The molecule has 0 spiro atoms. The van der Waals surface area contributed by atoms with Crippen LogP contribution in [0.1, 0.15) is 40.5 Å². The Hall–Kier alpha value is -0.520. The Morgan fingerprint density at radius 1 is 1.24 bits per heavy atom. The lowest BCUT2D eigenvalue weighted by Gasteiger charge is -2.46. The van der Waals surface area contributed by atoms with Crippen molar-refractivity contribution in [3.05, 3.63) is 16.6 Å². The maximum atomic E-state index is 5.25. The van der Waals surface area contributed by atoms with Gasteiger partial charge in [-0.3, -0.25) is 0 Å². The maximum Gasteiger partial charge on any atom is 0.229 e. The third-order valence-electron chi connectivity index (χ3n) is 3.55. The second-order valence-electron chi connectivity index (χ2n) is 6.83. The van der Waals surface area contributed by atoms with Gasteiger partial charge in [0.05, 0.1) is 11.6 Å².